The molecule has 1 unspecified atom stereocenters. The number of carbonyl (C=O) groups is 1. The second-order valence-electron chi connectivity index (χ2n) is 6.22. The highest BCUT2D eigenvalue weighted by atomic mass is 16.2. The minimum absolute atomic E-state index is 0.0893. The van der Waals surface area contributed by atoms with E-state index in [0.717, 1.165) is 25.9 Å². The van der Waals surface area contributed by atoms with Crippen LogP contribution in [0.15, 0.2) is 12.4 Å². The number of piperidine rings is 1. The number of likely N-dealkylation sites (N-methyl/N-ethyl adjacent to an activating group) is 1. The van der Waals surface area contributed by atoms with E-state index >= 15 is 0 Å². The van der Waals surface area contributed by atoms with Crippen molar-refractivity contribution in [3.8, 4) is 0 Å². The topological polar surface area (TPSA) is 50.2 Å². The van der Waals surface area contributed by atoms with E-state index in [-0.39, 0.29) is 11.4 Å². The fourth-order valence-electron chi connectivity index (χ4n) is 2.38. The zero-order valence-electron chi connectivity index (χ0n) is 12.3. The number of nitrogens with one attached hydrogen (secondary N) is 1. The van der Waals surface area contributed by atoms with Crippen LogP contribution in [-0.4, -0.2) is 46.8 Å². The zero-order chi connectivity index (χ0) is 14.0. The van der Waals surface area contributed by atoms with Gasteiger partial charge in [0.25, 0.3) is 5.91 Å². The lowest BCUT2D eigenvalue weighted by Gasteiger charge is -2.32. The van der Waals surface area contributed by atoms with E-state index in [9.17, 15) is 4.79 Å². The van der Waals surface area contributed by atoms with Crippen molar-refractivity contribution in [3.63, 3.8) is 0 Å². The first kappa shape index (κ1) is 14.1. The van der Waals surface area contributed by atoms with Gasteiger partial charge in [0.1, 0.15) is 0 Å². The average molecular weight is 264 g/mol. The Morgan fingerprint density at radius 2 is 2.21 bits per heavy atom. The van der Waals surface area contributed by atoms with Gasteiger partial charge < -0.3 is 10.2 Å². The number of amides is 1. The molecular weight excluding hydrogens is 240 g/mol. The van der Waals surface area contributed by atoms with Crippen LogP contribution in [0.1, 0.15) is 44.0 Å². The molecule has 1 aliphatic rings. The van der Waals surface area contributed by atoms with Crippen molar-refractivity contribution in [2.75, 3.05) is 20.1 Å². The Morgan fingerprint density at radius 3 is 2.79 bits per heavy atom. The molecule has 0 spiro atoms. The van der Waals surface area contributed by atoms with Gasteiger partial charge in [-0.3, -0.25) is 9.48 Å². The highest BCUT2D eigenvalue weighted by Crippen LogP contribution is 2.16. The molecule has 0 radical (unpaired) electrons. The molecule has 1 fully saturated rings. The summed E-state index contributed by atoms with van der Waals surface area (Å²) in [6, 6.07) is 0.412. The second kappa shape index (κ2) is 5.33. The standard InChI is InChI=1S/C14H24N4O/c1-14(2,3)18-9-11(8-16-18)13(19)17-7-5-6-12(10-17)15-4/h8-9,12,15H,5-7,10H2,1-4H3. The van der Waals surface area contributed by atoms with E-state index in [0.29, 0.717) is 11.6 Å². The van der Waals surface area contributed by atoms with Crippen LogP contribution in [0.5, 0.6) is 0 Å². The van der Waals surface area contributed by atoms with Crippen LogP contribution in [0.2, 0.25) is 0 Å². The third-order valence-electron chi connectivity index (χ3n) is 3.63. The summed E-state index contributed by atoms with van der Waals surface area (Å²) in [4.78, 5) is 14.4. The van der Waals surface area contributed by atoms with Crippen molar-refractivity contribution in [3.05, 3.63) is 18.0 Å². The minimum Gasteiger partial charge on any atom is -0.337 e. The van der Waals surface area contributed by atoms with Gasteiger partial charge in [-0.2, -0.15) is 5.10 Å². The number of hydrogen-bond donors (Lipinski definition) is 1. The smallest absolute Gasteiger partial charge is 0.257 e. The highest BCUT2D eigenvalue weighted by Gasteiger charge is 2.25. The van der Waals surface area contributed by atoms with Crippen molar-refractivity contribution < 1.29 is 4.79 Å². The Morgan fingerprint density at radius 1 is 1.47 bits per heavy atom. The zero-order valence-corrected chi connectivity index (χ0v) is 12.3. The number of nitrogens with zero attached hydrogens (tertiary/aromatic N) is 3. The van der Waals surface area contributed by atoms with Crippen LogP contribution >= 0.6 is 0 Å². The lowest BCUT2D eigenvalue weighted by atomic mass is 10.1. The van der Waals surface area contributed by atoms with Gasteiger partial charge in [-0.15, -0.1) is 0 Å². The molecule has 0 aliphatic carbocycles. The predicted octanol–water partition coefficient (Wildman–Crippen LogP) is 1.46. The van der Waals surface area contributed by atoms with Crippen molar-refractivity contribution >= 4 is 5.91 Å². The molecule has 5 heteroatoms. The van der Waals surface area contributed by atoms with Gasteiger partial charge in [0.15, 0.2) is 0 Å². The Labute approximate surface area is 115 Å². The maximum absolute atomic E-state index is 12.4. The Balaban J connectivity index is 2.09. The van der Waals surface area contributed by atoms with Crippen molar-refractivity contribution in [1.82, 2.24) is 20.0 Å². The number of rotatable bonds is 2. The lowest BCUT2D eigenvalue weighted by Crippen LogP contribution is -2.46. The lowest BCUT2D eigenvalue weighted by molar-refractivity contribution is 0.0698. The van der Waals surface area contributed by atoms with Crippen molar-refractivity contribution in [2.45, 2.75) is 45.2 Å². The minimum atomic E-state index is -0.0893. The maximum atomic E-state index is 12.4. The molecule has 2 heterocycles. The summed E-state index contributed by atoms with van der Waals surface area (Å²) in [5, 5.41) is 7.55. The number of aromatic nitrogens is 2. The first-order valence-electron chi connectivity index (χ1n) is 6.93. The molecule has 5 nitrogen and oxygen atoms in total. The molecule has 1 N–H and O–H groups in total. The summed E-state index contributed by atoms with van der Waals surface area (Å²) in [6.07, 6.45) is 5.73. The molecule has 0 aromatic carbocycles. The van der Waals surface area contributed by atoms with E-state index < -0.39 is 0 Å². The molecule has 1 aromatic rings. The quantitative estimate of drug-likeness (QED) is 0.880. The van der Waals surface area contributed by atoms with Gasteiger partial charge >= 0.3 is 0 Å². The molecule has 106 valence electrons. The second-order valence-corrected chi connectivity index (χ2v) is 6.22. The molecule has 19 heavy (non-hydrogen) atoms. The number of hydrogen-bond acceptors (Lipinski definition) is 3. The van der Waals surface area contributed by atoms with Crippen LogP contribution in [-0.2, 0) is 5.54 Å². The highest BCUT2D eigenvalue weighted by molar-refractivity contribution is 5.93. The predicted molar refractivity (Wildman–Crippen MR) is 75.2 cm³/mol. The third-order valence-corrected chi connectivity index (χ3v) is 3.63. The van der Waals surface area contributed by atoms with E-state index in [1.54, 1.807) is 6.20 Å². The van der Waals surface area contributed by atoms with E-state index in [1.165, 1.54) is 0 Å². The van der Waals surface area contributed by atoms with E-state index in [4.69, 9.17) is 0 Å². The maximum Gasteiger partial charge on any atom is 0.257 e. The monoisotopic (exact) mass is 264 g/mol. The molecule has 1 aromatic heterocycles. The Bertz CT molecular complexity index is 447. The van der Waals surface area contributed by atoms with Crippen LogP contribution in [0.25, 0.3) is 0 Å². The van der Waals surface area contributed by atoms with Crippen LogP contribution in [0.3, 0.4) is 0 Å². The van der Waals surface area contributed by atoms with Gasteiger partial charge in [-0.25, -0.2) is 0 Å². The summed E-state index contributed by atoms with van der Waals surface area (Å²) in [5.74, 6) is 0.0930. The molecule has 0 bridgehead atoms. The first-order chi connectivity index (χ1) is 8.91. The largest absolute Gasteiger partial charge is 0.337 e. The van der Waals surface area contributed by atoms with Gasteiger partial charge in [0, 0.05) is 25.3 Å². The normalized spacial score (nSPS) is 20.6. The van der Waals surface area contributed by atoms with Crippen LogP contribution < -0.4 is 5.32 Å². The Hall–Kier alpha value is -1.36. The van der Waals surface area contributed by atoms with Gasteiger partial charge in [-0.05, 0) is 40.7 Å². The fourth-order valence-corrected chi connectivity index (χ4v) is 2.38. The van der Waals surface area contributed by atoms with Gasteiger partial charge in [0.2, 0.25) is 0 Å². The summed E-state index contributed by atoms with van der Waals surface area (Å²) >= 11 is 0. The van der Waals surface area contributed by atoms with E-state index in [2.05, 4.69) is 31.2 Å². The molecule has 1 atom stereocenters. The summed E-state index contributed by atoms with van der Waals surface area (Å²) < 4.78 is 1.85. The Kier molecular flexibility index (Phi) is 3.94. The number of carbonyl (C=O) groups excluding carboxylic acids is 1. The van der Waals surface area contributed by atoms with Gasteiger partial charge in [0.05, 0.1) is 17.3 Å². The number of likely N-dealkylation sites (tertiary alicyclic amines) is 1. The molecule has 1 aliphatic heterocycles. The molecule has 1 saturated heterocycles. The average Bonchev–Trinajstić information content (AvgIpc) is 2.87. The van der Waals surface area contributed by atoms with Crippen LogP contribution in [0.4, 0.5) is 0 Å². The van der Waals surface area contributed by atoms with E-state index in [1.807, 2.05) is 22.8 Å². The molecule has 0 saturated carbocycles. The summed E-state index contributed by atoms with van der Waals surface area (Å²) in [7, 11) is 1.95. The van der Waals surface area contributed by atoms with Gasteiger partial charge in [-0.1, -0.05) is 0 Å². The summed E-state index contributed by atoms with van der Waals surface area (Å²) in [5.41, 5.74) is 0.597. The third kappa shape index (κ3) is 3.15. The van der Waals surface area contributed by atoms with Crippen LogP contribution in [0, 0.1) is 0 Å². The molecule has 2 rings (SSSR count). The fraction of sp³-hybridized carbons (Fsp3) is 0.714. The molecular formula is C14H24N4O. The summed E-state index contributed by atoms with van der Waals surface area (Å²) in [6.45, 7) is 7.86. The van der Waals surface area contributed by atoms with Crippen molar-refractivity contribution in [2.24, 2.45) is 0 Å². The van der Waals surface area contributed by atoms with Crippen molar-refractivity contribution in [1.29, 1.82) is 0 Å². The molecule has 1 amide bonds. The first-order valence-corrected chi connectivity index (χ1v) is 6.93. The SMILES string of the molecule is CNC1CCCN(C(=O)c2cnn(C(C)(C)C)c2)C1.